The van der Waals surface area contributed by atoms with Crippen LogP contribution in [0.5, 0.6) is 0 Å². The number of nitrogens with one attached hydrogen (secondary N) is 1. The molecule has 0 radical (unpaired) electrons. The molecule has 0 saturated heterocycles. The maximum Gasteiger partial charge on any atom is 0.250 e. The third-order valence-corrected chi connectivity index (χ3v) is 5.47. The van der Waals surface area contributed by atoms with Gasteiger partial charge in [0, 0.05) is 5.69 Å². The summed E-state index contributed by atoms with van der Waals surface area (Å²) < 4.78 is 0. The number of carbonyl (C=O) groups is 2. The molecule has 2 amide bonds. The van der Waals surface area contributed by atoms with Crippen LogP contribution in [0, 0.1) is 25.2 Å². The van der Waals surface area contributed by atoms with Crippen molar-refractivity contribution in [3.8, 4) is 6.07 Å². The molecule has 2 aromatic rings. The second-order valence-electron chi connectivity index (χ2n) is 6.92. The molecule has 3 rings (SSSR count). The lowest BCUT2D eigenvalue weighted by atomic mass is 9.96. The number of carbonyl (C=O) groups excluding carboxylic acids is 2. The topological polar surface area (TPSA) is 86.1 Å². The van der Waals surface area contributed by atoms with Crippen LogP contribution in [-0.4, -0.2) is 28.1 Å². The lowest BCUT2D eigenvalue weighted by Gasteiger charge is -2.42. The molecule has 1 aliphatic rings. The Kier molecular flexibility index (Phi) is 4.94. The van der Waals surface area contributed by atoms with Gasteiger partial charge in [-0.15, -0.1) is 0 Å². The molecule has 0 spiro atoms. The molecule has 2 heterocycles. The molecule has 138 valence electrons. The summed E-state index contributed by atoms with van der Waals surface area (Å²) in [4.78, 5) is 31.5. The number of para-hydroxylation sites is 2. The molecule has 0 unspecified atom stereocenters. The summed E-state index contributed by atoms with van der Waals surface area (Å²) in [6.07, 6.45) is 0. The Bertz CT molecular complexity index is 978. The quantitative estimate of drug-likeness (QED) is 0.825. The number of rotatable bonds is 3. The number of thioether (sulfide) groups is 1. The number of anilines is 2. The van der Waals surface area contributed by atoms with Crippen LogP contribution in [0.2, 0.25) is 0 Å². The van der Waals surface area contributed by atoms with Gasteiger partial charge in [-0.3, -0.25) is 14.5 Å². The highest BCUT2D eigenvalue weighted by Gasteiger charge is 2.43. The highest BCUT2D eigenvalue weighted by molar-refractivity contribution is 8.00. The molecule has 0 bridgehead atoms. The first-order chi connectivity index (χ1) is 12.8. The number of pyridine rings is 1. The van der Waals surface area contributed by atoms with Crippen LogP contribution in [0.15, 0.2) is 35.4 Å². The summed E-state index contributed by atoms with van der Waals surface area (Å²) in [6, 6.07) is 11.2. The highest BCUT2D eigenvalue weighted by atomic mass is 32.2. The zero-order valence-electron chi connectivity index (χ0n) is 15.7. The van der Waals surface area contributed by atoms with Crippen molar-refractivity contribution in [2.45, 2.75) is 38.3 Å². The van der Waals surface area contributed by atoms with E-state index in [9.17, 15) is 14.9 Å². The van der Waals surface area contributed by atoms with E-state index in [1.54, 1.807) is 19.9 Å². The Balaban J connectivity index is 1.91. The molecular formula is C20H20N4O2S. The fourth-order valence-electron chi connectivity index (χ4n) is 3.14. The highest BCUT2D eigenvalue weighted by Crippen LogP contribution is 2.37. The number of hydrogen-bond donors (Lipinski definition) is 1. The lowest BCUT2D eigenvalue weighted by Crippen LogP contribution is -2.58. The Morgan fingerprint density at radius 1 is 1.33 bits per heavy atom. The fourth-order valence-corrected chi connectivity index (χ4v) is 4.08. The minimum absolute atomic E-state index is 0.0790. The van der Waals surface area contributed by atoms with E-state index in [0.29, 0.717) is 22.0 Å². The number of fused-ring (bicyclic) bond motifs is 1. The van der Waals surface area contributed by atoms with E-state index in [-0.39, 0.29) is 17.6 Å². The summed E-state index contributed by atoms with van der Waals surface area (Å²) in [5, 5.41) is 12.8. The molecule has 1 N–H and O–H groups in total. The SMILES string of the molecule is Cc1cc(C)c(C#N)c(SCC(=O)N2c3ccccc3NC(=O)C2(C)C)n1. The maximum absolute atomic E-state index is 13.1. The van der Waals surface area contributed by atoms with Crippen LogP contribution >= 0.6 is 11.8 Å². The van der Waals surface area contributed by atoms with Crippen LogP contribution in [-0.2, 0) is 9.59 Å². The molecule has 0 fully saturated rings. The smallest absolute Gasteiger partial charge is 0.250 e. The molecular weight excluding hydrogens is 360 g/mol. The van der Waals surface area contributed by atoms with Gasteiger partial charge in [-0.2, -0.15) is 5.26 Å². The van der Waals surface area contributed by atoms with E-state index in [2.05, 4.69) is 16.4 Å². The second-order valence-corrected chi connectivity index (χ2v) is 7.88. The van der Waals surface area contributed by atoms with Crippen LogP contribution in [0.25, 0.3) is 0 Å². The van der Waals surface area contributed by atoms with Gasteiger partial charge in [0.25, 0.3) is 0 Å². The van der Waals surface area contributed by atoms with Crippen molar-refractivity contribution in [1.29, 1.82) is 5.26 Å². The zero-order chi connectivity index (χ0) is 19.8. The van der Waals surface area contributed by atoms with Gasteiger partial charge in [0.15, 0.2) is 0 Å². The normalized spacial score (nSPS) is 14.9. The van der Waals surface area contributed by atoms with Crippen LogP contribution in [0.4, 0.5) is 11.4 Å². The minimum atomic E-state index is -1.01. The van der Waals surface area contributed by atoms with Gasteiger partial charge < -0.3 is 5.32 Å². The average molecular weight is 380 g/mol. The van der Waals surface area contributed by atoms with Crippen molar-refractivity contribution < 1.29 is 9.59 Å². The van der Waals surface area contributed by atoms with Crippen molar-refractivity contribution in [1.82, 2.24) is 4.98 Å². The number of nitrogens with zero attached hydrogens (tertiary/aromatic N) is 3. The van der Waals surface area contributed by atoms with Crippen LogP contribution in [0.3, 0.4) is 0 Å². The predicted molar refractivity (Wildman–Crippen MR) is 106 cm³/mol. The Morgan fingerprint density at radius 3 is 2.74 bits per heavy atom. The van der Waals surface area contributed by atoms with Gasteiger partial charge in [0.1, 0.15) is 16.6 Å². The third kappa shape index (κ3) is 3.40. The standard InChI is InChI=1S/C20H20N4O2S/c1-12-9-13(2)22-18(14(12)10-21)27-11-17(25)24-16-8-6-5-7-15(16)23-19(26)20(24,3)4/h5-9H,11H2,1-4H3,(H,23,26). The second kappa shape index (κ2) is 7.05. The largest absolute Gasteiger partial charge is 0.322 e. The predicted octanol–water partition coefficient (Wildman–Crippen LogP) is 3.43. The van der Waals surface area contributed by atoms with Crippen molar-refractivity contribution in [3.05, 3.63) is 47.2 Å². The van der Waals surface area contributed by atoms with Gasteiger partial charge in [-0.25, -0.2) is 4.98 Å². The molecule has 7 heteroatoms. The third-order valence-electron chi connectivity index (χ3n) is 4.51. The first-order valence-electron chi connectivity index (χ1n) is 8.50. The summed E-state index contributed by atoms with van der Waals surface area (Å²) in [7, 11) is 0. The Hall–Kier alpha value is -2.85. The number of amides is 2. The number of aromatic nitrogens is 1. The van der Waals surface area contributed by atoms with E-state index in [1.807, 2.05) is 38.1 Å². The zero-order valence-corrected chi connectivity index (χ0v) is 16.5. The summed E-state index contributed by atoms with van der Waals surface area (Å²) in [5.41, 5.74) is 2.38. The molecule has 0 saturated carbocycles. The molecule has 27 heavy (non-hydrogen) atoms. The van der Waals surface area contributed by atoms with Gasteiger partial charge in [0.2, 0.25) is 11.8 Å². The van der Waals surface area contributed by atoms with E-state index >= 15 is 0 Å². The van der Waals surface area contributed by atoms with E-state index in [1.165, 1.54) is 16.7 Å². The van der Waals surface area contributed by atoms with Crippen molar-refractivity contribution in [3.63, 3.8) is 0 Å². The van der Waals surface area contributed by atoms with E-state index in [0.717, 1.165) is 11.3 Å². The fraction of sp³-hybridized carbons (Fsp3) is 0.300. The molecule has 1 aromatic carbocycles. The van der Waals surface area contributed by atoms with Gasteiger partial charge in [0.05, 0.1) is 22.7 Å². The summed E-state index contributed by atoms with van der Waals surface area (Å²) >= 11 is 1.22. The van der Waals surface area contributed by atoms with Crippen molar-refractivity contribution in [2.24, 2.45) is 0 Å². The lowest BCUT2D eigenvalue weighted by molar-refractivity contribution is -0.125. The summed E-state index contributed by atoms with van der Waals surface area (Å²) in [5.74, 6) is -0.366. The number of aryl methyl sites for hydroxylation is 2. The van der Waals surface area contributed by atoms with Crippen LogP contribution in [0.1, 0.15) is 30.7 Å². The van der Waals surface area contributed by atoms with E-state index in [4.69, 9.17) is 0 Å². The number of benzene rings is 1. The minimum Gasteiger partial charge on any atom is -0.322 e. The number of hydrogen-bond acceptors (Lipinski definition) is 5. The first kappa shape index (κ1) is 18.9. The van der Waals surface area contributed by atoms with Crippen molar-refractivity contribution in [2.75, 3.05) is 16.0 Å². The molecule has 0 atom stereocenters. The first-order valence-corrected chi connectivity index (χ1v) is 9.49. The Labute approximate surface area is 162 Å². The molecule has 0 aliphatic carbocycles. The Morgan fingerprint density at radius 2 is 2.04 bits per heavy atom. The monoisotopic (exact) mass is 380 g/mol. The van der Waals surface area contributed by atoms with Crippen LogP contribution < -0.4 is 10.2 Å². The van der Waals surface area contributed by atoms with E-state index < -0.39 is 5.54 Å². The van der Waals surface area contributed by atoms with Gasteiger partial charge in [-0.05, 0) is 51.5 Å². The molecule has 6 nitrogen and oxygen atoms in total. The average Bonchev–Trinajstić information content (AvgIpc) is 2.60. The van der Waals surface area contributed by atoms with Gasteiger partial charge >= 0.3 is 0 Å². The number of nitriles is 1. The molecule has 1 aromatic heterocycles. The van der Waals surface area contributed by atoms with Crippen molar-refractivity contribution >= 4 is 35.0 Å². The van der Waals surface area contributed by atoms with Gasteiger partial charge in [-0.1, -0.05) is 23.9 Å². The summed E-state index contributed by atoms with van der Waals surface area (Å²) in [6.45, 7) is 7.15. The molecule has 1 aliphatic heterocycles. The maximum atomic E-state index is 13.1.